The highest BCUT2D eigenvalue weighted by Crippen LogP contribution is 2.36. The molecule has 2 aromatic carbocycles. The average molecular weight is 506 g/mol. The molecule has 6 N–H and O–H groups in total. The summed E-state index contributed by atoms with van der Waals surface area (Å²) in [5.74, 6) is -3.21. The Kier molecular flexibility index (Phi) is 6.73. The topological polar surface area (TPSA) is 213 Å². The number of carbonyl (C=O) groups excluding carboxylic acids is 1. The normalized spacial score (nSPS) is 24.1. The van der Waals surface area contributed by atoms with Crippen LogP contribution < -0.4 is 10.4 Å². The third-order valence-electron chi connectivity index (χ3n) is 5.68. The summed E-state index contributed by atoms with van der Waals surface area (Å²) in [6.07, 6.45) is -9.02. The van der Waals surface area contributed by atoms with Crippen molar-refractivity contribution in [3.8, 4) is 17.2 Å². The highest BCUT2D eigenvalue weighted by atomic mass is 16.7. The van der Waals surface area contributed by atoms with Crippen molar-refractivity contribution >= 4 is 33.7 Å². The maximum atomic E-state index is 12.5. The zero-order valence-corrected chi connectivity index (χ0v) is 18.7. The van der Waals surface area contributed by atoms with Crippen LogP contribution in [0.2, 0.25) is 0 Å². The SMILES string of the molecule is Cc1cc(O[C@@H]2O[C@H](COC(=O)CC(=O)O)[C@@H](O)[C@H](O)[C@H]2O)cc2oc(=O)c3c(O)cc(O)cc3c12. The Morgan fingerprint density at radius 3 is 2.42 bits per heavy atom. The number of aliphatic carboxylic acids is 1. The lowest BCUT2D eigenvalue weighted by Gasteiger charge is -2.39. The molecular weight excluding hydrogens is 484 g/mol. The minimum absolute atomic E-state index is 0.0255. The van der Waals surface area contributed by atoms with Gasteiger partial charge in [0.25, 0.3) is 0 Å². The summed E-state index contributed by atoms with van der Waals surface area (Å²) >= 11 is 0. The third-order valence-corrected chi connectivity index (χ3v) is 5.68. The average Bonchev–Trinajstić information content (AvgIpc) is 2.77. The van der Waals surface area contributed by atoms with Crippen LogP contribution in [0.3, 0.4) is 0 Å². The highest BCUT2D eigenvalue weighted by Gasteiger charge is 2.45. The molecular formula is C23H22O13. The van der Waals surface area contributed by atoms with Crippen LogP contribution in [0.15, 0.2) is 33.5 Å². The van der Waals surface area contributed by atoms with Gasteiger partial charge in [-0.3, -0.25) is 9.59 Å². The van der Waals surface area contributed by atoms with E-state index in [-0.39, 0.29) is 27.9 Å². The van der Waals surface area contributed by atoms with Crippen LogP contribution in [0.4, 0.5) is 0 Å². The number of aromatic hydroxyl groups is 2. The number of rotatable bonds is 6. The minimum Gasteiger partial charge on any atom is -0.508 e. The van der Waals surface area contributed by atoms with Crippen molar-refractivity contribution in [2.75, 3.05) is 6.61 Å². The van der Waals surface area contributed by atoms with E-state index in [9.17, 15) is 39.9 Å². The van der Waals surface area contributed by atoms with Crippen LogP contribution >= 0.6 is 0 Å². The number of carboxylic acids is 1. The number of benzene rings is 2. The summed E-state index contributed by atoms with van der Waals surface area (Å²) in [4.78, 5) is 34.5. The van der Waals surface area contributed by atoms with E-state index in [4.69, 9.17) is 23.7 Å². The van der Waals surface area contributed by atoms with Gasteiger partial charge in [0.15, 0.2) is 0 Å². The first kappa shape index (κ1) is 25.2. The van der Waals surface area contributed by atoms with Crippen molar-refractivity contribution in [1.29, 1.82) is 0 Å². The molecule has 1 aliphatic heterocycles. The molecule has 4 rings (SSSR count). The lowest BCUT2D eigenvalue weighted by Crippen LogP contribution is -2.60. The number of aliphatic hydroxyl groups excluding tert-OH is 3. The first-order chi connectivity index (χ1) is 17.0. The summed E-state index contributed by atoms with van der Waals surface area (Å²) in [6.45, 7) is 1.01. The number of phenolic OH excluding ortho intramolecular Hbond substituents is 2. The molecule has 5 atom stereocenters. The molecule has 2 heterocycles. The van der Waals surface area contributed by atoms with Crippen LogP contribution in [0.25, 0.3) is 21.7 Å². The fraction of sp³-hybridized carbons (Fsp3) is 0.348. The van der Waals surface area contributed by atoms with E-state index in [2.05, 4.69) is 0 Å². The number of phenols is 2. The van der Waals surface area contributed by atoms with Crippen molar-refractivity contribution < 1.29 is 58.9 Å². The molecule has 0 saturated carbocycles. The van der Waals surface area contributed by atoms with Crippen molar-refractivity contribution in [2.24, 2.45) is 0 Å². The lowest BCUT2D eigenvalue weighted by molar-refractivity contribution is -0.278. The van der Waals surface area contributed by atoms with E-state index in [0.717, 1.165) is 6.07 Å². The Balaban J connectivity index is 1.62. The van der Waals surface area contributed by atoms with Gasteiger partial charge in [-0.1, -0.05) is 0 Å². The second kappa shape index (κ2) is 9.62. The molecule has 3 aromatic rings. The van der Waals surface area contributed by atoms with Gasteiger partial charge in [-0.05, 0) is 24.6 Å². The summed E-state index contributed by atoms with van der Waals surface area (Å²) in [5, 5.41) is 59.8. The van der Waals surface area contributed by atoms with Crippen molar-refractivity contribution in [1.82, 2.24) is 0 Å². The van der Waals surface area contributed by atoms with E-state index in [1.165, 1.54) is 18.2 Å². The Morgan fingerprint density at radius 1 is 1.00 bits per heavy atom. The van der Waals surface area contributed by atoms with E-state index in [0.29, 0.717) is 10.9 Å². The quantitative estimate of drug-likeness (QED) is 0.111. The summed E-state index contributed by atoms with van der Waals surface area (Å²) in [6, 6.07) is 5.08. The Hall–Kier alpha value is -3.91. The smallest absolute Gasteiger partial charge is 0.347 e. The number of hydrogen-bond donors (Lipinski definition) is 6. The van der Waals surface area contributed by atoms with Gasteiger partial charge >= 0.3 is 17.6 Å². The van der Waals surface area contributed by atoms with E-state index >= 15 is 0 Å². The van der Waals surface area contributed by atoms with Crippen molar-refractivity contribution in [2.45, 2.75) is 44.1 Å². The zero-order chi connectivity index (χ0) is 26.3. The van der Waals surface area contributed by atoms with Crippen LogP contribution in [0.1, 0.15) is 12.0 Å². The number of fused-ring (bicyclic) bond motifs is 3. The molecule has 0 spiro atoms. The Morgan fingerprint density at radius 2 is 1.72 bits per heavy atom. The fourth-order valence-electron chi connectivity index (χ4n) is 4.03. The second-order valence-corrected chi connectivity index (χ2v) is 8.28. The molecule has 1 aromatic heterocycles. The van der Waals surface area contributed by atoms with Crippen molar-refractivity contribution in [3.05, 3.63) is 40.2 Å². The molecule has 192 valence electrons. The third kappa shape index (κ3) is 4.77. The minimum atomic E-state index is -1.76. The van der Waals surface area contributed by atoms with Crippen LogP contribution in [0, 0.1) is 6.92 Å². The summed E-state index contributed by atoms with van der Waals surface area (Å²) in [5.41, 5.74) is -0.355. The lowest BCUT2D eigenvalue weighted by atomic mass is 9.99. The van der Waals surface area contributed by atoms with Gasteiger partial charge in [-0.25, -0.2) is 4.79 Å². The number of aliphatic hydroxyl groups is 3. The molecule has 0 aliphatic carbocycles. The number of ether oxygens (including phenoxy) is 3. The number of carboxylic acid groups (broad SMARTS) is 1. The first-order valence-electron chi connectivity index (χ1n) is 10.6. The number of hydrogen-bond acceptors (Lipinski definition) is 12. The molecule has 13 heteroatoms. The van der Waals surface area contributed by atoms with Crippen LogP contribution in [-0.2, 0) is 19.1 Å². The van der Waals surface area contributed by atoms with Gasteiger partial charge in [0, 0.05) is 22.9 Å². The van der Waals surface area contributed by atoms with E-state index in [1.54, 1.807) is 6.92 Å². The van der Waals surface area contributed by atoms with Gasteiger partial charge in [-0.15, -0.1) is 0 Å². The van der Waals surface area contributed by atoms with Gasteiger partial charge in [0.2, 0.25) is 6.29 Å². The van der Waals surface area contributed by atoms with Gasteiger partial charge in [0.1, 0.15) is 65.7 Å². The van der Waals surface area contributed by atoms with E-state index in [1.807, 2.05) is 0 Å². The first-order valence-corrected chi connectivity index (χ1v) is 10.6. The highest BCUT2D eigenvalue weighted by molar-refractivity contribution is 6.08. The molecule has 0 radical (unpaired) electrons. The number of esters is 1. The summed E-state index contributed by atoms with van der Waals surface area (Å²) in [7, 11) is 0. The standard InChI is InChI=1S/C23H22O13/c1-8-2-10(5-13-17(8)11-3-9(24)4-12(25)18(11)22(32)35-13)34-23-21(31)20(30)19(29)14(36-23)7-33-16(28)6-15(26)27/h2-5,14,19-21,23-25,29-31H,6-7H2,1H3,(H,26,27)/t14-,19-,20+,21-,23-/m1/s1. The number of carbonyl (C=O) groups is 2. The molecule has 36 heavy (non-hydrogen) atoms. The van der Waals surface area contributed by atoms with Gasteiger partial charge in [-0.2, -0.15) is 0 Å². The van der Waals surface area contributed by atoms with Gasteiger partial charge in [0.05, 0.1) is 0 Å². The largest absolute Gasteiger partial charge is 0.508 e. The molecule has 0 bridgehead atoms. The predicted molar refractivity (Wildman–Crippen MR) is 119 cm³/mol. The molecule has 1 aliphatic rings. The maximum absolute atomic E-state index is 12.5. The molecule has 0 unspecified atom stereocenters. The number of aryl methyl sites for hydroxylation is 1. The summed E-state index contributed by atoms with van der Waals surface area (Å²) < 4.78 is 21.2. The Bertz CT molecular complexity index is 1390. The zero-order valence-electron chi connectivity index (χ0n) is 18.7. The molecule has 1 saturated heterocycles. The second-order valence-electron chi connectivity index (χ2n) is 8.28. The van der Waals surface area contributed by atoms with Gasteiger partial charge < -0.3 is 49.3 Å². The maximum Gasteiger partial charge on any atom is 0.347 e. The monoisotopic (exact) mass is 506 g/mol. The van der Waals surface area contributed by atoms with Crippen LogP contribution in [0.5, 0.6) is 17.2 Å². The van der Waals surface area contributed by atoms with Crippen molar-refractivity contribution in [3.63, 3.8) is 0 Å². The molecule has 1 fully saturated rings. The predicted octanol–water partition coefficient (Wildman–Crippen LogP) is -0.130. The van der Waals surface area contributed by atoms with Crippen LogP contribution in [-0.4, -0.2) is 79.9 Å². The molecule has 0 amide bonds. The Labute approximate surface area is 201 Å². The molecule has 13 nitrogen and oxygen atoms in total. The fourth-order valence-corrected chi connectivity index (χ4v) is 4.03. The van der Waals surface area contributed by atoms with E-state index < -0.39 is 67.0 Å².